The Morgan fingerprint density at radius 1 is 0.333 bits per heavy atom. The van der Waals surface area contributed by atoms with Crippen LogP contribution in [-0.4, -0.2) is 0 Å². The van der Waals surface area contributed by atoms with Crippen molar-refractivity contribution in [2.75, 3.05) is 0 Å². The maximum atomic E-state index is 0. The van der Waals surface area contributed by atoms with Gasteiger partial charge in [-0.2, -0.15) is 0 Å². The molecular weight excluding hydrogens is 436 g/mol. The summed E-state index contributed by atoms with van der Waals surface area (Å²) in [6, 6.07) is 0. The van der Waals surface area contributed by atoms with Gasteiger partial charge in [-0.3, -0.25) is 0 Å². The normalized spacial score (nSPS) is 0. The molecule has 0 bridgehead atoms. The molecular formula is C7H32Ag3N2+. The predicted molar refractivity (Wildman–Crippen MR) is 56.5 cm³/mol. The molecule has 2 nitrogen and oxygen atoms in total. The molecule has 102 valence electrons. The summed E-state index contributed by atoms with van der Waals surface area (Å²) in [5.41, 5.74) is 0. The number of hydrogen-bond acceptors (Lipinski definition) is 2. The molecule has 0 aromatic heterocycles. The van der Waals surface area contributed by atoms with Crippen LogP contribution in [0.1, 0.15) is 37.1 Å². The second kappa shape index (κ2) is 423. The summed E-state index contributed by atoms with van der Waals surface area (Å²) >= 11 is 0. The summed E-state index contributed by atoms with van der Waals surface area (Å²) in [6.45, 7) is 0. The van der Waals surface area contributed by atoms with Gasteiger partial charge in [0.2, 0.25) is 0 Å². The minimum absolute atomic E-state index is 0. The van der Waals surface area contributed by atoms with Crippen molar-refractivity contribution in [2.45, 2.75) is 37.1 Å². The van der Waals surface area contributed by atoms with Crippen molar-refractivity contribution < 1.29 is 67.1 Å². The van der Waals surface area contributed by atoms with Gasteiger partial charge in [0.1, 0.15) is 0 Å². The van der Waals surface area contributed by atoms with Crippen LogP contribution in [-0.2, 0) is 67.1 Å². The van der Waals surface area contributed by atoms with Gasteiger partial charge in [0.15, 0.2) is 0 Å². The van der Waals surface area contributed by atoms with Crippen LogP contribution in [0.4, 0.5) is 0 Å². The molecule has 0 saturated carbocycles. The fourth-order valence-corrected chi connectivity index (χ4v) is 0. The van der Waals surface area contributed by atoms with Crippen molar-refractivity contribution in [3.63, 3.8) is 0 Å². The van der Waals surface area contributed by atoms with Gasteiger partial charge in [0.05, 0.1) is 0 Å². The summed E-state index contributed by atoms with van der Waals surface area (Å²) in [4.78, 5) is 0. The Bertz CT molecular complexity index is 16.6. The summed E-state index contributed by atoms with van der Waals surface area (Å²) < 4.78 is 0. The van der Waals surface area contributed by atoms with Gasteiger partial charge in [-0.25, -0.2) is 0 Å². The van der Waals surface area contributed by atoms with Crippen molar-refractivity contribution >= 4 is 0 Å². The van der Waals surface area contributed by atoms with Crippen molar-refractivity contribution in [2.24, 2.45) is 0 Å². The molecule has 0 heterocycles. The van der Waals surface area contributed by atoms with Crippen molar-refractivity contribution in [3.8, 4) is 0 Å². The Balaban J connectivity index is 0. The first-order valence-electron chi connectivity index (χ1n) is 0. The summed E-state index contributed by atoms with van der Waals surface area (Å²) in [6.07, 6.45) is 0. The Morgan fingerprint density at radius 2 is 0.333 bits per heavy atom. The molecule has 0 unspecified atom stereocenters. The zero-order valence-electron chi connectivity index (χ0n) is 4.32. The van der Waals surface area contributed by atoms with Gasteiger partial charge in [0.25, 0.3) is 0 Å². The van der Waals surface area contributed by atoms with Crippen LogP contribution in [0.3, 0.4) is 0 Å². The third-order valence-corrected chi connectivity index (χ3v) is 0. The molecule has 0 aliphatic carbocycles. The van der Waals surface area contributed by atoms with E-state index in [1.165, 1.54) is 0 Å². The molecule has 0 saturated heterocycles. The minimum Gasteiger partial charge on any atom is -0.358 e. The molecule has 0 rings (SSSR count). The average molecular weight is 468 g/mol. The zero-order chi connectivity index (χ0) is 0. The SMILES string of the molecule is C.C.C.C.C.N.N.[Ag+].[Ag+].[Ag+].[CH3-].[CH3-]. The van der Waals surface area contributed by atoms with Crippen LogP contribution in [0.15, 0.2) is 0 Å². The molecule has 0 amide bonds. The van der Waals surface area contributed by atoms with Crippen LogP contribution in [0.25, 0.3) is 0 Å². The van der Waals surface area contributed by atoms with E-state index >= 15 is 0 Å². The van der Waals surface area contributed by atoms with E-state index in [0.717, 1.165) is 0 Å². The van der Waals surface area contributed by atoms with Crippen LogP contribution in [0, 0.1) is 14.9 Å². The van der Waals surface area contributed by atoms with E-state index in [4.69, 9.17) is 0 Å². The minimum atomic E-state index is 0. The predicted octanol–water partition coefficient (Wildman–Crippen LogP) is 4.40. The van der Waals surface area contributed by atoms with E-state index in [1.54, 1.807) is 0 Å². The van der Waals surface area contributed by atoms with Crippen LogP contribution in [0.2, 0.25) is 0 Å². The fourth-order valence-electron chi connectivity index (χ4n) is 0. The largest absolute Gasteiger partial charge is 1.00 e. The van der Waals surface area contributed by atoms with Crippen molar-refractivity contribution in [1.29, 1.82) is 0 Å². The molecule has 0 aliphatic heterocycles. The van der Waals surface area contributed by atoms with E-state index in [0.29, 0.717) is 0 Å². The molecule has 0 aromatic carbocycles. The van der Waals surface area contributed by atoms with Gasteiger partial charge < -0.3 is 27.2 Å². The average Bonchev–Trinajstić information content (AvgIpc) is 0. The van der Waals surface area contributed by atoms with Gasteiger partial charge in [-0.05, 0) is 0 Å². The Labute approximate surface area is 130 Å². The number of rotatable bonds is 0. The molecule has 0 aromatic rings. The Hall–Kier alpha value is 2.14. The third kappa shape index (κ3) is 329. The molecule has 0 atom stereocenters. The van der Waals surface area contributed by atoms with Crippen LogP contribution >= 0.6 is 0 Å². The maximum absolute atomic E-state index is 0. The van der Waals surface area contributed by atoms with E-state index in [2.05, 4.69) is 0 Å². The van der Waals surface area contributed by atoms with Gasteiger partial charge in [0, 0.05) is 0 Å². The molecule has 0 radical (unpaired) electrons. The Morgan fingerprint density at radius 3 is 0.333 bits per heavy atom. The quantitative estimate of drug-likeness (QED) is 0.409. The Kier molecular flexibility index (Phi) is 18800. The first-order chi connectivity index (χ1) is 0. The standard InChI is InChI=1S/5CH4.2CH3.3Ag.2H3N/h5*1H4;2*1H3;;;;2*1H3/q;;;;;2*-1;3*+1;;. The molecule has 0 spiro atoms. The first-order valence-corrected chi connectivity index (χ1v) is 0. The van der Waals surface area contributed by atoms with Gasteiger partial charge >= 0.3 is 67.1 Å². The fraction of sp³-hybridized carbons (Fsp3) is 0.714. The molecule has 0 aliphatic rings. The van der Waals surface area contributed by atoms with Crippen LogP contribution in [0.5, 0.6) is 0 Å². The second-order valence-corrected chi connectivity index (χ2v) is 0. The molecule has 12 heavy (non-hydrogen) atoms. The van der Waals surface area contributed by atoms with Crippen molar-refractivity contribution in [1.82, 2.24) is 12.3 Å². The first kappa shape index (κ1) is 533. The summed E-state index contributed by atoms with van der Waals surface area (Å²) in [7, 11) is 0. The number of hydrogen-bond donors (Lipinski definition) is 2. The maximum Gasteiger partial charge on any atom is 1.00 e. The topological polar surface area (TPSA) is 70.0 Å². The third-order valence-electron chi connectivity index (χ3n) is 0. The zero-order valence-corrected chi connectivity index (χ0v) is 8.77. The smallest absolute Gasteiger partial charge is 0.358 e. The molecule has 6 N–H and O–H groups in total. The second-order valence-electron chi connectivity index (χ2n) is 0. The van der Waals surface area contributed by atoms with Crippen LogP contribution < -0.4 is 12.3 Å². The van der Waals surface area contributed by atoms with Gasteiger partial charge in [-0.15, -0.1) is 0 Å². The monoisotopic (exact) mass is 465 g/mol. The van der Waals surface area contributed by atoms with E-state index in [-0.39, 0.29) is 131 Å². The summed E-state index contributed by atoms with van der Waals surface area (Å²) in [5.74, 6) is 0. The van der Waals surface area contributed by atoms with Gasteiger partial charge in [-0.1, -0.05) is 37.1 Å². The molecule has 0 fully saturated rings. The van der Waals surface area contributed by atoms with Crippen molar-refractivity contribution in [3.05, 3.63) is 14.9 Å². The van der Waals surface area contributed by atoms with E-state index in [1.807, 2.05) is 0 Å². The van der Waals surface area contributed by atoms with E-state index < -0.39 is 0 Å². The summed E-state index contributed by atoms with van der Waals surface area (Å²) in [5, 5.41) is 0. The molecule has 5 heteroatoms. The van der Waals surface area contributed by atoms with E-state index in [9.17, 15) is 0 Å².